The van der Waals surface area contributed by atoms with Crippen LogP contribution < -0.4 is 4.90 Å². The Labute approximate surface area is 220 Å². The van der Waals surface area contributed by atoms with Crippen LogP contribution in [0.5, 0.6) is 0 Å². The molecule has 0 aliphatic rings. The van der Waals surface area contributed by atoms with Crippen LogP contribution in [0.3, 0.4) is 0 Å². The van der Waals surface area contributed by atoms with Crippen molar-refractivity contribution in [2.45, 2.75) is 0 Å². The van der Waals surface area contributed by atoms with Crippen molar-refractivity contribution in [2.24, 2.45) is 0 Å². The number of benzene rings is 5. The molecule has 5 rings (SSSR count). The van der Waals surface area contributed by atoms with E-state index in [1.54, 1.807) is 0 Å². The van der Waals surface area contributed by atoms with Crippen molar-refractivity contribution in [3.63, 3.8) is 0 Å². The number of rotatable bonds is 6. The lowest BCUT2D eigenvalue weighted by Crippen LogP contribution is -2.09. The second-order valence-corrected chi connectivity index (χ2v) is 9.27. The third kappa shape index (κ3) is 5.30. The van der Waals surface area contributed by atoms with Crippen molar-refractivity contribution in [2.75, 3.05) is 4.90 Å². The Bertz CT molecular complexity index is 1460. The Kier molecular flexibility index (Phi) is 7.07. The van der Waals surface area contributed by atoms with E-state index in [9.17, 15) is 5.26 Å². The maximum Gasteiger partial charge on any atom is 0.0998 e. The van der Waals surface area contributed by atoms with Gasteiger partial charge in [-0.05, 0) is 76.9 Å². The smallest absolute Gasteiger partial charge is 0.0998 e. The van der Waals surface area contributed by atoms with Gasteiger partial charge in [0.15, 0.2) is 0 Å². The van der Waals surface area contributed by atoms with E-state index in [0.717, 1.165) is 43.8 Å². The van der Waals surface area contributed by atoms with Crippen LogP contribution in [0.2, 0.25) is 0 Å². The molecular weight excluding hydrogens is 504 g/mol. The zero-order valence-corrected chi connectivity index (χ0v) is 21.1. The fourth-order valence-corrected chi connectivity index (χ4v) is 4.42. The quantitative estimate of drug-likeness (QED) is 0.162. The molecule has 0 N–H and O–H groups in total. The van der Waals surface area contributed by atoms with Gasteiger partial charge in [0.25, 0.3) is 0 Å². The molecular formula is C33H23BrN2. The first-order valence-corrected chi connectivity index (χ1v) is 12.5. The molecule has 0 spiro atoms. The van der Waals surface area contributed by atoms with Gasteiger partial charge in [-0.1, -0.05) is 101 Å². The molecule has 3 heteroatoms. The highest BCUT2D eigenvalue weighted by atomic mass is 79.9. The monoisotopic (exact) mass is 526 g/mol. The van der Waals surface area contributed by atoms with Gasteiger partial charge < -0.3 is 4.90 Å². The molecule has 0 aromatic heterocycles. The summed E-state index contributed by atoms with van der Waals surface area (Å²) in [7, 11) is 0. The molecule has 0 saturated carbocycles. The predicted octanol–water partition coefficient (Wildman–Crippen LogP) is 9.65. The molecule has 0 atom stereocenters. The predicted molar refractivity (Wildman–Crippen MR) is 154 cm³/mol. The first-order chi connectivity index (χ1) is 17.7. The summed E-state index contributed by atoms with van der Waals surface area (Å²) in [4.78, 5) is 2.25. The van der Waals surface area contributed by atoms with Gasteiger partial charge in [-0.3, -0.25) is 0 Å². The average Bonchev–Trinajstić information content (AvgIpc) is 2.94. The molecule has 0 bridgehead atoms. The van der Waals surface area contributed by atoms with Gasteiger partial charge in [-0.15, -0.1) is 0 Å². The van der Waals surface area contributed by atoms with E-state index in [0.29, 0.717) is 5.57 Å². The van der Waals surface area contributed by atoms with Gasteiger partial charge >= 0.3 is 0 Å². The molecule has 5 aromatic rings. The van der Waals surface area contributed by atoms with Crippen molar-refractivity contribution in [1.29, 1.82) is 5.26 Å². The van der Waals surface area contributed by atoms with Crippen molar-refractivity contribution in [1.82, 2.24) is 0 Å². The molecule has 0 unspecified atom stereocenters. The Hall–Kier alpha value is -4.39. The van der Waals surface area contributed by atoms with Crippen molar-refractivity contribution >= 4 is 44.6 Å². The highest BCUT2D eigenvalue weighted by molar-refractivity contribution is 9.10. The number of allylic oxidation sites excluding steroid dienone is 1. The molecule has 36 heavy (non-hydrogen) atoms. The van der Waals surface area contributed by atoms with Crippen LogP contribution in [-0.2, 0) is 0 Å². The number of para-hydroxylation sites is 2. The van der Waals surface area contributed by atoms with E-state index >= 15 is 0 Å². The lowest BCUT2D eigenvalue weighted by Gasteiger charge is -2.25. The second-order valence-electron chi connectivity index (χ2n) is 8.35. The minimum atomic E-state index is 0.640. The lowest BCUT2D eigenvalue weighted by molar-refractivity contribution is 1.28. The number of anilines is 3. The van der Waals surface area contributed by atoms with Crippen molar-refractivity contribution in [3.05, 3.63) is 149 Å². The number of hydrogen-bond acceptors (Lipinski definition) is 2. The van der Waals surface area contributed by atoms with Crippen molar-refractivity contribution < 1.29 is 0 Å². The van der Waals surface area contributed by atoms with E-state index in [2.05, 4.69) is 124 Å². The summed E-state index contributed by atoms with van der Waals surface area (Å²) >= 11 is 3.44. The molecule has 2 nitrogen and oxygen atoms in total. The lowest BCUT2D eigenvalue weighted by atomic mass is 10.0. The minimum absolute atomic E-state index is 0.640. The van der Waals surface area contributed by atoms with E-state index in [4.69, 9.17) is 0 Å². The highest BCUT2D eigenvalue weighted by Gasteiger charge is 2.12. The number of hydrogen-bond donors (Lipinski definition) is 0. The standard InChI is InChI=1S/C33H23BrN2/c34-30-19-15-28(16-20-30)29(24-35)23-25-11-13-26(14-12-25)27-17-21-33(22-18-27)36(31-7-3-1-4-8-31)32-9-5-2-6-10-32/h1-23H/b29-23+. The summed E-state index contributed by atoms with van der Waals surface area (Å²) in [6.45, 7) is 0. The maximum atomic E-state index is 9.64. The molecule has 172 valence electrons. The third-order valence-electron chi connectivity index (χ3n) is 5.98. The van der Waals surface area contributed by atoms with Gasteiger partial charge in [-0.25, -0.2) is 0 Å². The average molecular weight is 527 g/mol. The molecule has 0 amide bonds. The fraction of sp³-hybridized carbons (Fsp3) is 0. The van der Waals surface area contributed by atoms with Crippen LogP contribution in [0, 0.1) is 11.3 Å². The largest absolute Gasteiger partial charge is 0.311 e. The van der Waals surface area contributed by atoms with Crippen molar-refractivity contribution in [3.8, 4) is 17.2 Å². The summed E-state index contributed by atoms with van der Waals surface area (Å²) in [6, 6.07) is 47.8. The summed E-state index contributed by atoms with van der Waals surface area (Å²) in [6.07, 6.45) is 1.92. The van der Waals surface area contributed by atoms with E-state index in [-0.39, 0.29) is 0 Å². The Morgan fingerprint density at radius 1 is 0.583 bits per heavy atom. The van der Waals surface area contributed by atoms with Gasteiger partial charge in [0.1, 0.15) is 0 Å². The Balaban J connectivity index is 1.40. The SMILES string of the molecule is N#C/C(=C\c1ccc(-c2ccc(N(c3ccccc3)c3ccccc3)cc2)cc1)c1ccc(Br)cc1. The zero-order chi connectivity index (χ0) is 24.7. The molecule has 0 aliphatic carbocycles. The summed E-state index contributed by atoms with van der Waals surface area (Å²) in [5, 5.41) is 9.64. The van der Waals surface area contributed by atoms with Gasteiger partial charge in [0.05, 0.1) is 11.6 Å². The van der Waals surface area contributed by atoms with E-state index < -0.39 is 0 Å². The molecule has 0 saturated heterocycles. The highest BCUT2D eigenvalue weighted by Crippen LogP contribution is 2.35. The maximum absolute atomic E-state index is 9.64. The van der Waals surface area contributed by atoms with Gasteiger partial charge in [0, 0.05) is 21.5 Å². The Morgan fingerprint density at radius 3 is 1.56 bits per heavy atom. The molecule has 0 fully saturated rings. The van der Waals surface area contributed by atoms with E-state index in [1.807, 2.05) is 42.5 Å². The normalized spacial score (nSPS) is 11.1. The summed E-state index contributed by atoms with van der Waals surface area (Å²) in [5.41, 5.74) is 8.15. The van der Waals surface area contributed by atoms with E-state index in [1.165, 1.54) is 0 Å². The summed E-state index contributed by atoms with van der Waals surface area (Å²) in [5.74, 6) is 0. The zero-order valence-electron chi connectivity index (χ0n) is 19.6. The topological polar surface area (TPSA) is 27.0 Å². The Morgan fingerprint density at radius 2 is 1.06 bits per heavy atom. The minimum Gasteiger partial charge on any atom is -0.311 e. The number of nitriles is 1. The first kappa shape index (κ1) is 23.4. The molecule has 0 heterocycles. The molecule has 0 aliphatic heterocycles. The van der Waals surface area contributed by atoms with Gasteiger partial charge in [-0.2, -0.15) is 5.26 Å². The third-order valence-corrected chi connectivity index (χ3v) is 6.51. The van der Waals surface area contributed by atoms with Crippen LogP contribution >= 0.6 is 15.9 Å². The van der Waals surface area contributed by atoms with Crippen LogP contribution in [0.25, 0.3) is 22.8 Å². The van der Waals surface area contributed by atoms with Crippen LogP contribution in [0.4, 0.5) is 17.1 Å². The van der Waals surface area contributed by atoms with Gasteiger partial charge in [0.2, 0.25) is 0 Å². The van der Waals surface area contributed by atoms with Crippen LogP contribution in [0.1, 0.15) is 11.1 Å². The number of nitrogens with zero attached hydrogens (tertiary/aromatic N) is 2. The van der Waals surface area contributed by atoms with Crippen LogP contribution in [0.15, 0.2) is 138 Å². The molecule has 0 radical (unpaired) electrons. The molecule has 5 aromatic carbocycles. The fourth-order valence-electron chi connectivity index (χ4n) is 4.15. The first-order valence-electron chi connectivity index (χ1n) is 11.7. The number of halogens is 1. The van der Waals surface area contributed by atoms with Crippen LogP contribution in [-0.4, -0.2) is 0 Å². The summed E-state index contributed by atoms with van der Waals surface area (Å²) < 4.78 is 0.995. The second kappa shape index (κ2) is 10.9.